The first-order valence-corrected chi connectivity index (χ1v) is 9.18. The Morgan fingerprint density at radius 2 is 2.19 bits per heavy atom. The van der Waals surface area contributed by atoms with E-state index in [1.165, 1.54) is 24.8 Å². The molecule has 0 saturated carbocycles. The molecule has 0 aromatic carbocycles. The van der Waals surface area contributed by atoms with Crippen LogP contribution in [0.15, 0.2) is 22.9 Å². The summed E-state index contributed by atoms with van der Waals surface area (Å²) in [6.45, 7) is 2.18. The van der Waals surface area contributed by atoms with Gasteiger partial charge in [0.15, 0.2) is 5.82 Å². The van der Waals surface area contributed by atoms with Crippen molar-refractivity contribution in [2.45, 2.75) is 44.1 Å². The van der Waals surface area contributed by atoms with E-state index >= 15 is 0 Å². The summed E-state index contributed by atoms with van der Waals surface area (Å²) >= 11 is 0. The number of carbonyl (C=O) groups is 1. The van der Waals surface area contributed by atoms with Crippen LogP contribution in [0.4, 0.5) is 4.39 Å². The molecule has 2 aromatic heterocycles. The topological polar surface area (TPSA) is 84.2 Å². The molecule has 0 aliphatic carbocycles. The second-order valence-corrected chi connectivity index (χ2v) is 6.95. The number of nitrogens with zero attached hydrogens (tertiary/aromatic N) is 4. The van der Waals surface area contributed by atoms with Crippen LogP contribution in [0.1, 0.15) is 66.1 Å². The van der Waals surface area contributed by atoms with E-state index in [4.69, 9.17) is 4.52 Å². The second kappa shape index (κ2) is 7.49. The smallest absolute Gasteiger partial charge is 0.255 e. The Hall–Kier alpha value is -2.35. The highest BCUT2D eigenvalue weighted by molar-refractivity contribution is 5.94. The molecule has 2 aliphatic rings. The zero-order chi connectivity index (χ0) is 17.9. The number of pyridine rings is 1. The van der Waals surface area contributed by atoms with Crippen LogP contribution >= 0.6 is 0 Å². The minimum Gasteiger partial charge on any atom is -0.338 e. The Balaban J connectivity index is 1.44. The molecule has 0 spiro atoms. The Labute approximate surface area is 151 Å². The van der Waals surface area contributed by atoms with Gasteiger partial charge in [0, 0.05) is 25.2 Å². The van der Waals surface area contributed by atoms with Gasteiger partial charge in [0.05, 0.1) is 11.6 Å². The van der Waals surface area contributed by atoms with Gasteiger partial charge in [0.1, 0.15) is 0 Å². The number of likely N-dealkylation sites (tertiary alicyclic amines) is 1. The molecule has 2 atom stereocenters. The number of piperidine rings is 2. The Morgan fingerprint density at radius 3 is 2.96 bits per heavy atom. The molecule has 2 unspecified atom stereocenters. The van der Waals surface area contributed by atoms with Crippen molar-refractivity contribution in [1.82, 2.24) is 25.3 Å². The van der Waals surface area contributed by atoms with E-state index in [-0.39, 0.29) is 17.9 Å². The fraction of sp³-hybridized carbons (Fsp3) is 0.556. The predicted octanol–water partition coefficient (Wildman–Crippen LogP) is 2.44. The minimum absolute atomic E-state index is 0.0576. The van der Waals surface area contributed by atoms with Crippen LogP contribution in [-0.4, -0.2) is 45.6 Å². The van der Waals surface area contributed by atoms with Crippen LogP contribution in [0.5, 0.6) is 0 Å². The number of aromatic nitrogens is 3. The molecule has 0 radical (unpaired) electrons. The van der Waals surface area contributed by atoms with E-state index < -0.39 is 5.95 Å². The molecule has 2 aliphatic heterocycles. The number of carbonyl (C=O) groups excluding carboxylic acids is 1. The van der Waals surface area contributed by atoms with Gasteiger partial charge < -0.3 is 14.7 Å². The average molecular weight is 359 g/mol. The number of hydrogen-bond donors (Lipinski definition) is 1. The van der Waals surface area contributed by atoms with Gasteiger partial charge in [-0.25, -0.2) is 4.98 Å². The zero-order valence-corrected chi connectivity index (χ0v) is 14.5. The maximum absolute atomic E-state index is 13.0. The molecule has 4 rings (SSSR count). The quantitative estimate of drug-likeness (QED) is 0.848. The van der Waals surface area contributed by atoms with Crippen LogP contribution < -0.4 is 5.32 Å². The highest BCUT2D eigenvalue weighted by atomic mass is 19.1. The highest BCUT2D eigenvalue weighted by Crippen LogP contribution is 2.28. The van der Waals surface area contributed by atoms with Crippen LogP contribution in [0.25, 0.3) is 0 Å². The summed E-state index contributed by atoms with van der Waals surface area (Å²) in [7, 11) is 0. The number of halogens is 1. The number of rotatable bonds is 3. The van der Waals surface area contributed by atoms with E-state index in [9.17, 15) is 9.18 Å². The molecule has 138 valence electrons. The van der Waals surface area contributed by atoms with Gasteiger partial charge >= 0.3 is 0 Å². The number of nitrogens with one attached hydrogen (secondary N) is 1. The van der Waals surface area contributed by atoms with Crippen molar-refractivity contribution < 1.29 is 13.7 Å². The lowest BCUT2D eigenvalue weighted by Crippen LogP contribution is -2.39. The fourth-order valence-corrected chi connectivity index (χ4v) is 3.67. The third kappa shape index (κ3) is 3.60. The van der Waals surface area contributed by atoms with Gasteiger partial charge in [0.2, 0.25) is 11.8 Å². The monoisotopic (exact) mass is 359 g/mol. The van der Waals surface area contributed by atoms with E-state index in [0.717, 1.165) is 32.2 Å². The van der Waals surface area contributed by atoms with Crippen LogP contribution in [0.2, 0.25) is 0 Å². The summed E-state index contributed by atoms with van der Waals surface area (Å²) in [5.74, 6) is 0.642. The minimum atomic E-state index is -0.589. The van der Waals surface area contributed by atoms with Crippen molar-refractivity contribution in [3.05, 3.63) is 41.6 Å². The van der Waals surface area contributed by atoms with Gasteiger partial charge in [-0.1, -0.05) is 11.6 Å². The Morgan fingerprint density at radius 1 is 1.27 bits per heavy atom. The molecular weight excluding hydrogens is 337 g/mol. The van der Waals surface area contributed by atoms with Crippen LogP contribution in [0.3, 0.4) is 0 Å². The first-order valence-electron chi connectivity index (χ1n) is 9.18. The Kier molecular flexibility index (Phi) is 4.92. The lowest BCUT2D eigenvalue weighted by molar-refractivity contribution is 0.0703. The maximum Gasteiger partial charge on any atom is 0.255 e. The fourth-order valence-electron chi connectivity index (χ4n) is 3.67. The van der Waals surface area contributed by atoms with Crippen LogP contribution in [-0.2, 0) is 0 Å². The van der Waals surface area contributed by atoms with Gasteiger partial charge in [-0.3, -0.25) is 4.79 Å². The summed E-state index contributed by atoms with van der Waals surface area (Å²) < 4.78 is 18.4. The first kappa shape index (κ1) is 17.1. The molecule has 2 fully saturated rings. The number of amides is 1. The third-order valence-electron chi connectivity index (χ3n) is 5.11. The summed E-state index contributed by atoms with van der Waals surface area (Å²) in [6, 6.07) is 2.81. The molecule has 4 heterocycles. The normalized spacial score (nSPS) is 23.8. The van der Waals surface area contributed by atoms with Crippen molar-refractivity contribution >= 4 is 5.91 Å². The second-order valence-electron chi connectivity index (χ2n) is 6.95. The Bertz CT molecular complexity index is 757. The average Bonchev–Trinajstić information content (AvgIpc) is 3.19. The molecule has 2 saturated heterocycles. The lowest BCUT2D eigenvalue weighted by atomic mass is 9.96. The molecular formula is C18H22FN5O2. The first-order chi connectivity index (χ1) is 12.7. The molecule has 2 aromatic rings. The maximum atomic E-state index is 13.0. The van der Waals surface area contributed by atoms with Crippen molar-refractivity contribution in [2.75, 3.05) is 19.6 Å². The summed E-state index contributed by atoms with van der Waals surface area (Å²) in [6.07, 6.45) is 6.41. The van der Waals surface area contributed by atoms with E-state index in [1.54, 1.807) is 4.90 Å². The van der Waals surface area contributed by atoms with Crippen LogP contribution in [0, 0.1) is 5.95 Å². The van der Waals surface area contributed by atoms with Crippen molar-refractivity contribution in [1.29, 1.82) is 0 Å². The highest BCUT2D eigenvalue weighted by Gasteiger charge is 2.30. The molecule has 8 heteroatoms. The van der Waals surface area contributed by atoms with Gasteiger partial charge in [-0.2, -0.15) is 9.37 Å². The molecule has 1 amide bonds. The summed E-state index contributed by atoms with van der Waals surface area (Å²) in [4.78, 5) is 22.6. The van der Waals surface area contributed by atoms with E-state index in [0.29, 0.717) is 30.4 Å². The summed E-state index contributed by atoms with van der Waals surface area (Å²) in [5.41, 5.74) is 0.396. The van der Waals surface area contributed by atoms with Crippen molar-refractivity contribution in [3.63, 3.8) is 0 Å². The predicted molar refractivity (Wildman–Crippen MR) is 91.0 cm³/mol. The standard InChI is InChI=1S/C18H22FN5O2/c19-15-7-6-12(10-21-15)18(25)24-9-3-4-13(11-24)16-22-17(26-23-16)14-5-1-2-8-20-14/h6-7,10,13-14,20H,1-5,8-9,11H2. The lowest BCUT2D eigenvalue weighted by Gasteiger charge is -2.31. The molecule has 7 nitrogen and oxygen atoms in total. The number of hydrogen-bond acceptors (Lipinski definition) is 6. The van der Waals surface area contributed by atoms with E-state index in [1.807, 2.05) is 0 Å². The SMILES string of the molecule is O=C(c1ccc(F)nc1)N1CCCC(c2noc(C3CCCCN3)n2)C1. The molecule has 0 bridgehead atoms. The van der Waals surface area contributed by atoms with E-state index in [2.05, 4.69) is 20.4 Å². The van der Waals surface area contributed by atoms with Gasteiger partial charge in [-0.15, -0.1) is 0 Å². The largest absolute Gasteiger partial charge is 0.338 e. The van der Waals surface area contributed by atoms with Gasteiger partial charge in [-0.05, 0) is 44.4 Å². The molecule has 26 heavy (non-hydrogen) atoms. The summed E-state index contributed by atoms with van der Waals surface area (Å²) in [5, 5.41) is 7.57. The van der Waals surface area contributed by atoms with Gasteiger partial charge in [0.25, 0.3) is 5.91 Å². The third-order valence-corrected chi connectivity index (χ3v) is 5.11. The molecule has 1 N–H and O–H groups in total. The van der Waals surface area contributed by atoms with Crippen molar-refractivity contribution in [3.8, 4) is 0 Å². The zero-order valence-electron chi connectivity index (χ0n) is 14.5. The van der Waals surface area contributed by atoms with Crippen molar-refractivity contribution in [2.24, 2.45) is 0 Å².